The number of carbonyl (C=O) groups is 1. The minimum absolute atomic E-state index is 0.0693. The molecule has 1 N–H and O–H groups in total. The molecule has 1 fully saturated rings. The first kappa shape index (κ1) is 20.8. The molecule has 0 unspecified atom stereocenters. The van der Waals surface area contributed by atoms with Crippen LogP contribution in [0, 0.1) is 0 Å². The molecule has 3 aromatic rings. The standard InChI is InChI=1S/C24H30N4OS/c1-27(2)14-15-28(3)24-26-21-13-12-20(16-22(21)30-24)25-23(29)19-10-8-18(9-11-19)17-6-4-5-7-17/h8-13,16-17H,4-7,14-15H2,1-3H3,(H,25,29). The van der Waals surface area contributed by atoms with Crippen molar-refractivity contribution in [3.8, 4) is 0 Å². The van der Waals surface area contributed by atoms with Crippen molar-refractivity contribution in [3.63, 3.8) is 0 Å². The number of thiazole rings is 1. The van der Waals surface area contributed by atoms with Gasteiger partial charge >= 0.3 is 0 Å². The fourth-order valence-electron chi connectivity index (χ4n) is 3.97. The lowest BCUT2D eigenvalue weighted by molar-refractivity contribution is 0.102. The van der Waals surface area contributed by atoms with Crippen molar-refractivity contribution >= 4 is 38.3 Å². The first-order valence-electron chi connectivity index (χ1n) is 10.7. The minimum Gasteiger partial charge on any atom is -0.350 e. The van der Waals surface area contributed by atoms with Crippen molar-refractivity contribution in [2.75, 3.05) is 44.4 Å². The zero-order valence-corrected chi connectivity index (χ0v) is 18.8. The second-order valence-electron chi connectivity index (χ2n) is 8.46. The van der Waals surface area contributed by atoms with Crippen LogP contribution in [0.1, 0.15) is 47.5 Å². The van der Waals surface area contributed by atoms with Gasteiger partial charge in [-0.1, -0.05) is 36.3 Å². The Labute approximate surface area is 182 Å². The number of benzene rings is 2. The van der Waals surface area contributed by atoms with E-state index in [-0.39, 0.29) is 5.91 Å². The van der Waals surface area contributed by atoms with E-state index in [1.807, 2.05) is 30.3 Å². The Balaban J connectivity index is 1.43. The Morgan fingerprint density at radius 1 is 1.07 bits per heavy atom. The van der Waals surface area contributed by atoms with Gasteiger partial charge in [0.25, 0.3) is 5.91 Å². The number of fused-ring (bicyclic) bond motifs is 1. The van der Waals surface area contributed by atoms with Gasteiger partial charge in [-0.15, -0.1) is 0 Å². The lowest BCUT2D eigenvalue weighted by Crippen LogP contribution is -2.28. The number of amides is 1. The molecule has 0 aliphatic heterocycles. The number of anilines is 2. The quantitative estimate of drug-likeness (QED) is 0.568. The maximum atomic E-state index is 12.7. The fraction of sp³-hybridized carbons (Fsp3) is 0.417. The summed E-state index contributed by atoms with van der Waals surface area (Å²) in [5.74, 6) is 0.598. The summed E-state index contributed by atoms with van der Waals surface area (Å²) in [7, 11) is 6.21. The van der Waals surface area contributed by atoms with E-state index in [9.17, 15) is 4.79 Å². The van der Waals surface area contributed by atoms with Crippen LogP contribution < -0.4 is 10.2 Å². The maximum Gasteiger partial charge on any atom is 0.255 e. The average molecular weight is 423 g/mol. The summed E-state index contributed by atoms with van der Waals surface area (Å²) >= 11 is 1.66. The molecule has 158 valence electrons. The smallest absolute Gasteiger partial charge is 0.255 e. The summed E-state index contributed by atoms with van der Waals surface area (Å²) in [4.78, 5) is 21.8. The van der Waals surface area contributed by atoms with E-state index in [2.05, 4.69) is 48.4 Å². The van der Waals surface area contributed by atoms with E-state index in [1.165, 1.54) is 31.2 Å². The lowest BCUT2D eigenvalue weighted by Gasteiger charge is -2.18. The van der Waals surface area contributed by atoms with Crippen LogP contribution in [0.2, 0.25) is 0 Å². The third-order valence-electron chi connectivity index (χ3n) is 5.84. The van der Waals surface area contributed by atoms with Crippen molar-refractivity contribution in [2.24, 2.45) is 0 Å². The topological polar surface area (TPSA) is 48.5 Å². The number of aromatic nitrogens is 1. The van der Waals surface area contributed by atoms with Gasteiger partial charge in [-0.2, -0.15) is 0 Å². The van der Waals surface area contributed by atoms with Crippen molar-refractivity contribution in [1.29, 1.82) is 0 Å². The second-order valence-corrected chi connectivity index (χ2v) is 9.47. The van der Waals surface area contributed by atoms with E-state index in [0.717, 1.165) is 34.1 Å². The molecule has 1 amide bonds. The molecule has 30 heavy (non-hydrogen) atoms. The Bertz CT molecular complexity index is 1010. The molecule has 1 aromatic heterocycles. The number of hydrogen-bond donors (Lipinski definition) is 1. The molecule has 0 saturated heterocycles. The molecule has 0 spiro atoms. The third kappa shape index (κ3) is 4.82. The number of nitrogens with zero attached hydrogens (tertiary/aromatic N) is 3. The molecular weight excluding hydrogens is 392 g/mol. The summed E-state index contributed by atoms with van der Waals surface area (Å²) < 4.78 is 1.08. The van der Waals surface area contributed by atoms with Gasteiger partial charge in [0.1, 0.15) is 0 Å². The van der Waals surface area contributed by atoms with Gasteiger partial charge in [0, 0.05) is 31.4 Å². The van der Waals surface area contributed by atoms with Gasteiger partial charge in [-0.05, 0) is 68.8 Å². The van der Waals surface area contributed by atoms with Crippen molar-refractivity contribution in [2.45, 2.75) is 31.6 Å². The van der Waals surface area contributed by atoms with E-state index in [0.29, 0.717) is 11.5 Å². The molecule has 6 heteroatoms. The van der Waals surface area contributed by atoms with E-state index >= 15 is 0 Å². The summed E-state index contributed by atoms with van der Waals surface area (Å²) in [5, 5.41) is 4.04. The van der Waals surface area contributed by atoms with Gasteiger partial charge in [0.05, 0.1) is 10.2 Å². The van der Waals surface area contributed by atoms with Crippen LogP contribution in [0.4, 0.5) is 10.8 Å². The molecule has 1 aliphatic rings. The number of nitrogens with one attached hydrogen (secondary N) is 1. The van der Waals surface area contributed by atoms with Crippen LogP contribution in [0.5, 0.6) is 0 Å². The number of hydrogen-bond acceptors (Lipinski definition) is 5. The zero-order chi connectivity index (χ0) is 21.1. The van der Waals surface area contributed by atoms with Gasteiger partial charge < -0.3 is 15.1 Å². The van der Waals surface area contributed by atoms with E-state index in [1.54, 1.807) is 11.3 Å². The van der Waals surface area contributed by atoms with Crippen LogP contribution in [-0.2, 0) is 0 Å². The first-order valence-corrected chi connectivity index (χ1v) is 11.5. The predicted octanol–water partition coefficient (Wildman–Crippen LogP) is 5.20. The van der Waals surface area contributed by atoms with Gasteiger partial charge in [0.2, 0.25) is 0 Å². The Hall–Kier alpha value is -2.44. The van der Waals surface area contributed by atoms with Crippen molar-refractivity contribution in [3.05, 3.63) is 53.6 Å². The largest absolute Gasteiger partial charge is 0.350 e. The second kappa shape index (κ2) is 9.14. The molecule has 2 aromatic carbocycles. The SMILES string of the molecule is CN(C)CCN(C)c1nc2ccc(NC(=O)c3ccc(C4CCCC4)cc3)cc2s1. The Kier molecular flexibility index (Phi) is 6.35. The molecule has 1 aliphatic carbocycles. The average Bonchev–Trinajstić information content (AvgIpc) is 3.42. The van der Waals surface area contributed by atoms with Crippen molar-refractivity contribution in [1.82, 2.24) is 9.88 Å². The summed E-state index contributed by atoms with van der Waals surface area (Å²) in [6, 6.07) is 14.1. The highest BCUT2D eigenvalue weighted by atomic mass is 32.1. The molecule has 0 atom stereocenters. The highest BCUT2D eigenvalue weighted by Crippen LogP contribution is 2.34. The molecule has 0 bridgehead atoms. The molecule has 1 saturated carbocycles. The molecule has 1 heterocycles. The van der Waals surface area contributed by atoms with Crippen LogP contribution >= 0.6 is 11.3 Å². The van der Waals surface area contributed by atoms with Gasteiger partial charge in [-0.3, -0.25) is 4.79 Å². The number of carbonyl (C=O) groups excluding carboxylic acids is 1. The normalized spacial score (nSPS) is 14.5. The molecular formula is C24H30N4OS. The molecule has 5 nitrogen and oxygen atoms in total. The van der Waals surface area contributed by atoms with E-state index < -0.39 is 0 Å². The number of rotatable bonds is 7. The zero-order valence-electron chi connectivity index (χ0n) is 18.0. The number of likely N-dealkylation sites (N-methyl/N-ethyl adjacent to an activating group) is 2. The Morgan fingerprint density at radius 3 is 2.50 bits per heavy atom. The van der Waals surface area contributed by atoms with Gasteiger partial charge in [-0.25, -0.2) is 4.98 Å². The van der Waals surface area contributed by atoms with Crippen LogP contribution in [0.15, 0.2) is 42.5 Å². The van der Waals surface area contributed by atoms with Crippen LogP contribution in [0.25, 0.3) is 10.2 Å². The van der Waals surface area contributed by atoms with Gasteiger partial charge in [0.15, 0.2) is 5.13 Å². The fourth-order valence-corrected chi connectivity index (χ4v) is 4.96. The van der Waals surface area contributed by atoms with Crippen molar-refractivity contribution < 1.29 is 4.79 Å². The lowest BCUT2D eigenvalue weighted by atomic mass is 9.96. The Morgan fingerprint density at radius 2 is 1.80 bits per heavy atom. The summed E-state index contributed by atoms with van der Waals surface area (Å²) in [5.41, 5.74) is 3.83. The maximum absolute atomic E-state index is 12.7. The highest BCUT2D eigenvalue weighted by Gasteiger charge is 2.17. The van der Waals surface area contributed by atoms with E-state index in [4.69, 9.17) is 4.98 Å². The molecule has 0 radical (unpaired) electrons. The van der Waals surface area contributed by atoms with Crippen LogP contribution in [-0.4, -0.2) is 50.0 Å². The molecule has 4 rings (SSSR count). The summed E-state index contributed by atoms with van der Waals surface area (Å²) in [6.45, 7) is 1.90. The minimum atomic E-state index is -0.0693. The third-order valence-corrected chi connectivity index (χ3v) is 6.98. The van der Waals surface area contributed by atoms with Crippen LogP contribution in [0.3, 0.4) is 0 Å². The summed E-state index contributed by atoms with van der Waals surface area (Å²) in [6.07, 6.45) is 5.18. The first-order chi connectivity index (χ1) is 14.5. The highest BCUT2D eigenvalue weighted by molar-refractivity contribution is 7.22. The predicted molar refractivity (Wildman–Crippen MR) is 127 cm³/mol. The monoisotopic (exact) mass is 422 g/mol.